The second-order valence-corrected chi connectivity index (χ2v) is 2.82. The highest BCUT2D eigenvalue weighted by atomic mass is 16.6. The standard InChI is InChI=1S/C8H11NO3/c10-8-2-1-7(12-8)9-3-5-11-6-4-9/h1H,2-6H2. The zero-order chi connectivity index (χ0) is 8.39. The molecule has 0 bridgehead atoms. The normalized spacial score (nSPS) is 23.8. The van der Waals surface area contributed by atoms with Crippen LogP contribution in [0.3, 0.4) is 0 Å². The predicted molar refractivity (Wildman–Crippen MR) is 41.2 cm³/mol. The average Bonchev–Trinajstić information content (AvgIpc) is 2.54. The molecule has 2 rings (SSSR count). The van der Waals surface area contributed by atoms with Gasteiger partial charge in [0.1, 0.15) is 0 Å². The summed E-state index contributed by atoms with van der Waals surface area (Å²) < 4.78 is 10.2. The van der Waals surface area contributed by atoms with Gasteiger partial charge in [-0.1, -0.05) is 0 Å². The summed E-state index contributed by atoms with van der Waals surface area (Å²) >= 11 is 0. The monoisotopic (exact) mass is 169 g/mol. The Hall–Kier alpha value is -1.03. The molecular formula is C8H11NO3. The molecule has 1 saturated heterocycles. The summed E-state index contributed by atoms with van der Waals surface area (Å²) in [7, 11) is 0. The molecule has 0 spiro atoms. The summed E-state index contributed by atoms with van der Waals surface area (Å²) in [4.78, 5) is 12.8. The first-order chi connectivity index (χ1) is 5.86. The van der Waals surface area contributed by atoms with Gasteiger partial charge in [-0.05, 0) is 6.08 Å². The van der Waals surface area contributed by atoms with E-state index < -0.39 is 0 Å². The van der Waals surface area contributed by atoms with E-state index in [0.29, 0.717) is 12.3 Å². The van der Waals surface area contributed by atoms with Crippen LogP contribution in [0.25, 0.3) is 0 Å². The highest BCUT2D eigenvalue weighted by Crippen LogP contribution is 2.16. The Morgan fingerprint density at radius 1 is 1.33 bits per heavy atom. The number of carbonyl (C=O) groups is 1. The Kier molecular flexibility index (Phi) is 1.99. The van der Waals surface area contributed by atoms with Gasteiger partial charge in [0.05, 0.1) is 19.6 Å². The van der Waals surface area contributed by atoms with Crippen molar-refractivity contribution in [2.45, 2.75) is 6.42 Å². The molecule has 0 atom stereocenters. The van der Waals surface area contributed by atoms with Crippen molar-refractivity contribution in [3.63, 3.8) is 0 Å². The first kappa shape index (κ1) is 7.61. The van der Waals surface area contributed by atoms with Gasteiger partial charge in [-0.2, -0.15) is 0 Å². The Balaban J connectivity index is 1.95. The topological polar surface area (TPSA) is 38.8 Å². The molecule has 12 heavy (non-hydrogen) atoms. The molecule has 4 nitrogen and oxygen atoms in total. The third-order valence-corrected chi connectivity index (χ3v) is 1.98. The molecule has 2 heterocycles. The van der Waals surface area contributed by atoms with E-state index in [0.717, 1.165) is 26.3 Å². The Labute approximate surface area is 70.7 Å². The van der Waals surface area contributed by atoms with Crippen LogP contribution in [-0.4, -0.2) is 37.2 Å². The molecule has 0 aromatic rings. The Morgan fingerprint density at radius 2 is 2.08 bits per heavy atom. The van der Waals surface area contributed by atoms with E-state index >= 15 is 0 Å². The molecule has 0 aromatic heterocycles. The van der Waals surface area contributed by atoms with Crippen molar-refractivity contribution >= 4 is 5.97 Å². The summed E-state index contributed by atoms with van der Waals surface area (Å²) in [6.07, 6.45) is 2.24. The molecule has 0 aliphatic carbocycles. The number of rotatable bonds is 1. The summed E-state index contributed by atoms with van der Waals surface area (Å²) in [6, 6.07) is 0. The van der Waals surface area contributed by atoms with Crippen LogP contribution in [0.2, 0.25) is 0 Å². The zero-order valence-electron chi connectivity index (χ0n) is 6.78. The number of ether oxygens (including phenoxy) is 2. The molecule has 1 fully saturated rings. The molecule has 0 aromatic carbocycles. The van der Waals surface area contributed by atoms with E-state index in [-0.39, 0.29) is 5.97 Å². The Morgan fingerprint density at radius 3 is 2.67 bits per heavy atom. The van der Waals surface area contributed by atoms with E-state index in [9.17, 15) is 4.79 Å². The number of esters is 1. The first-order valence-corrected chi connectivity index (χ1v) is 4.10. The quantitative estimate of drug-likeness (QED) is 0.522. The van der Waals surface area contributed by atoms with Crippen LogP contribution in [0.4, 0.5) is 0 Å². The van der Waals surface area contributed by atoms with Gasteiger partial charge in [0.2, 0.25) is 0 Å². The average molecular weight is 169 g/mol. The highest BCUT2D eigenvalue weighted by molar-refractivity contribution is 5.74. The fourth-order valence-electron chi connectivity index (χ4n) is 1.35. The molecule has 0 unspecified atom stereocenters. The van der Waals surface area contributed by atoms with Crippen molar-refractivity contribution in [3.8, 4) is 0 Å². The van der Waals surface area contributed by atoms with Gasteiger partial charge in [0.25, 0.3) is 0 Å². The minimum atomic E-state index is -0.156. The number of hydrogen-bond donors (Lipinski definition) is 0. The molecule has 0 amide bonds. The molecule has 2 aliphatic rings. The third-order valence-electron chi connectivity index (χ3n) is 1.98. The lowest BCUT2D eigenvalue weighted by Gasteiger charge is -2.28. The lowest BCUT2D eigenvalue weighted by Crippen LogP contribution is -2.35. The molecule has 0 N–H and O–H groups in total. The summed E-state index contributed by atoms with van der Waals surface area (Å²) in [5, 5.41) is 0. The summed E-state index contributed by atoms with van der Waals surface area (Å²) in [6.45, 7) is 3.07. The maximum atomic E-state index is 10.8. The lowest BCUT2D eigenvalue weighted by molar-refractivity contribution is -0.139. The zero-order valence-corrected chi connectivity index (χ0v) is 6.78. The van der Waals surface area contributed by atoms with Gasteiger partial charge < -0.3 is 14.4 Å². The lowest BCUT2D eigenvalue weighted by atomic mass is 10.4. The SMILES string of the molecule is O=C1CC=C(N2CCOCC2)O1. The number of carbonyl (C=O) groups excluding carboxylic acids is 1. The van der Waals surface area contributed by atoms with Gasteiger partial charge in [-0.15, -0.1) is 0 Å². The Bertz CT molecular complexity index is 218. The van der Waals surface area contributed by atoms with Crippen LogP contribution >= 0.6 is 0 Å². The molecule has 4 heteroatoms. The number of cyclic esters (lactones) is 1. The van der Waals surface area contributed by atoms with Crippen molar-refractivity contribution < 1.29 is 14.3 Å². The molecule has 2 aliphatic heterocycles. The van der Waals surface area contributed by atoms with Crippen molar-refractivity contribution in [2.24, 2.45) is 0 Å². The van der Waals surface area contributed by atoms with Crippen LogP contribution in [0.5, 0.6) is 0 Å². The van der Waals surface area contributed by atoms with Gasteiger partial charge >= 0.3 is 5.97 Å². The highest BCUT2D eigenvalue weighted by Gasteiger charge is 2.21. The van der Waals surface area contributed by atoms with Crippen molar-refractivity contribution in [3.05, 3.63) is 12.0 Å². The largest absolute Gasteiger partial charge is 0.410 e. The molecular weight excluding hydrogens is 158 g/mol. The number of nitrogens with zero attached hydrogens (tertiary/aromatic N) is 1. The minimum absolute atomic E-state index is 0.156. The van der Waals surface area contributed by atoms with Gasteiger partial charge in [0.15, 0.2) is 5.88 Å². The fraction of sp³-hybridized carbons (Fsp3) is 0.625. The van der Waals surface area contributed by atoms with Gasteiger partial charge in [-0.25, -0.2) is 0 Å². The number of hydrogen-bond acceptors (Lipinski definition) is 4. The summed E-state index contributed by atoms with van der Waals surface area (Å²) in [5.74, 6) is 0.555. The van der Waals surface area contributed by atoms with Crippen LogP contribution < -0.4 is 0 Å². The third kappa shape index (κ3) is 1.43. The number of morpholine rings is 1. The van der Waals surface area contributed by atoms with E-state index in [2.05, 4.69) is 0 Å². The molecule has 0 radical (unpaired) electrons. The fourth-order valence-corrected chi connectivity index (χ4v) is 1.35. The van der Waals surface area contributed by atoms with Gasteiger partial charge in [0, 0.05) is 13.1 Å². The van der Waals surface area contributed by atoms with Crippen LogP contribution in [0.1, 0.15) is 6.42 Å². The van der Waals surface area contributed by atoms with Crippen LogP contribution in [-0.2, 0) is 14.3 Å². The second-order valence-electron chi connectivity index (χ2n) is 2.82. The van der Waals surface area contributed by atoms with Crippen molar-refractivity contribution in [2.75, 3.05) is 26.3 Å². The first-order valence-electron chi connectivity index (χ1n) is 4.10. The van der Waals surface area contributed by atoms with Crippen LogP contribution in [0.15, 0.2) is 12.0 Å². The van der Waals surface area contributed by atoms with Crippen molar-refractivity contribution in [1.82, 2.24) is 4.90 Å². The van der Waals surface area contributed by atoms with Gasteiger partial charge in [-0.3, -0.25) is 4.79 Å². The second kappa shape index (κ2) is 3.15. The van der Waals surface area contributed by atoms with E-state index in [1.807, 2.05) is 11.0 Å². The predicted octanol–water partition coefficient (Wildman–Crippen LogP) is 0.107. The maximum Gasteiger partial charge on any atom is 0.316 e. The van der Waals surface area contributed by atoms with E-state index in [1.165, 1.54) is 0 Å². The maximum absolute atomic E-state index is 10.8. The summed E-state index contributed by atoms with van der Waals surface area (Å²) in [5.41, 5.74) is 0. The minimum Gasteiger partial charge on any atom is -0.410 e. The smallest absolute Gasteiger partial charge is 0.316 e. The van der Waals surface area contributed by atoms with E-state index in [1.54, 1.807) is 0 Å². The van der Waals surface area contributed by atoms with Crippen LogP contribution in [0, 0.1) is 0 Å². The molecule has 66 valence electrons. The molecule has 0 saturated carbocycles. The van der Waals surface area contributed by atoms with E-state index in [4.69, 9.17) is 9.47 Å². The van der Waals surface area contributed by atoms with Crippen molar-refractivity contribution in [1.29, 1.82) is 0 Å².